The highest BCUT2D eigenvalue weighted by molar-refractivity contribution is 7.89. The van der Waals surface area contributed by atoms with Crippen LogP contribution in [0.3, 0.4) is 0 Å². The summed E-state index contributed by atoms with van der Waals surface area (Å²) in [5, 5.41) is 0. The van der Waals surface area contributed by atoms with Gasteiger partial charge in [0.2, 0.25) is 10.0 Å². The van der Waals surface area contributed by atoms with Crippen LogP contribution in [0.15, 0.2) is 29.2 Å². The Bertz CT molecular complexity index is 584. The molecule has 7 heteroatoms. The normalized spacial score (nSPS) is 20.8. The van der Waals surface area contributed by atoms with Gasteiger partial charge in [-0.3, -0.25) is 0 Å². The van der Waals surface area contributed by atoms with Crippen molar-refractivity contribution in [3.8, 4) is 0 Å². The van der Waals surface area contributed by atoms with E-state index in [1.54, 1.807) is 24.3 Å². The van der Waals surface area contributed by atoms with Gasteiger partial charge in [-0.05, 0) is 18.6 Å². The Morgan fingerprint density at radius 1 is 1.45 bits per heavy atom. The number of thiocarbonyl (C=S) groups is 1. The Kier molecular flexibility index (Phi) is 4.74. The molecule has 2 N–H and O–H groups in total. The predicted octanol–water partition coefficient (Wildman–Crippen LogP) is 1.12. The molecule has 0 spiro atoms. The number of sulfonamides is 1. The fourth-order valence-corrected chi connectivity index (χ4v) is 3.69. The van der Waals surface area contributed by atoms with Gasteiger partial charge in [-0.15, -0.1) is 0 Å². The van der Waals surface area contributed by atoms with Crippen LogP contribution in [0.25, 0.3) is 0 Å². The maximum absolute atomic E-state index is 12.5. The molecule has 0 radical (unpaired) electrons. The molecule has 1 fully saturated rings. The molecule has 1 aromatic carbocycles. The zero-order chi connectivity index (χ0) is 14.8. The summed E-state index contributed by atoms with van der Waals surface area (Å²) in [6.07, 6.45) is 0.765. The third-order valence-electron chi connectivity index (χ3n) is 3.33. The van der Waals surface area contributed by atoms with E-state index in [-0.39, 0.29) is 16.0 Å². The molecule has 1 aliphatic heterocycles. The minimum atomic E-state index is -3.48. The van der Waals surface area contributed by atoms with E-state index in [4.69, 9.17) is 22.7 Å². The molecule has 0 aliphatic carbocycles. The number of hydrogen-bond acceptors (Lipinski definition) is 4. The molecule has 0 saturated carbocycles. The van der Waals surface area contributed by atoms with Crippen molar-refractivity contribution < 1.29 is 13.2 Å². The topological polar surface area (TPSA) is 72.6 Å². The second kappa shape index (κ2) is 6.17. The van der Waals surface area contributed by atoms with Crippen LogP contribution in [0.5, 0.6) is 0 Å². The lowest BCUT2D eigenvalue weighted by Gasteiger charge is -2.31. The van der Waals surface area contributed by atoms with Crippen LogP contribution < -0.4 is 5.73 Å². The fourth-order valence-electron chi connectivity index (χ4n) is 2.10. The lowest BCUT2D eigenvalue weighted by Crippen LogP contribution is -2.45. The molecule has 1 aromatic rings. The number of nitrogens with two attached hydrogens (primary N) is 1. The molecule has 5 nitrogen and oxygen atoms in total. The number of hydrogen-bond donors (Lipinski definition) is 1. The largest absolute Gasteiger partial charge is 0.389 e. The highest BCUT2D eigenvalue weighted by atomic mass is 32.2. The van der Waals surface area contributed by atoms with Gasteiger partial charge in [-0.2, -0.15) is 4.31 Å². The Balaban J connectivity index is 2.23. The van der Waals surface area contributed by atoms with E-state index in [1.165, 1.54) is 4.31 Å². The second-order valence-corrected chi connectivity index (χ2v) is 7.03. The van der Waals surface area contributed by atoms with Gasteiger partial charge in [0.15, 0.2) is 0 Å². The molecule has 110 valence electrons. The van der Waals surface area contributed by atoms with Gasteiger partial charge >= 0.3 is 0 Å². The van der Waals surface area contributed by atoms with Crippen molar-refractivity contribution in [1.29, 1.82) is 0 Å². The minimum Gasteiger partial charge on any atom is -0.389 e. The molecule has 0 bridgehead atoms. The van der Waals surface area contributed by atoms with Crippen LogP contribution in [0.2, 0.25) is 0 Å². The van der Waals surface area contributed by atoms with Gasteiger partial charge in [0.25, 0.3) is 0 Å². The molecule has 0 aromatic heterocycles. The van der Waals surface area contributed by atoms with E-state index in [2.05, 4.69) is 0 Å². The number of nitrogens with zero attached hydrogens (tertiary/aromatic N) is 1. The molecule has 1 atom stereocenters. The fraction of sp³-hybridized carbons (Fsp3) is 0.462. The smallest absolute Gasteiger partial charge is 0.243 e. The van der Waals surface area contributed by atoms with Crippen LogP contribution in [0.4, 0.5) is 0 Å². The first-order valence-electron chi connectivity index (χ1n) is 6.46. The van der Waals surface area contributed by atoms with Gasteiger partial charge < -0.3 is 10.5 Å². The summed E-state index contributed by atoms with van der Waals surface area (Å²) in [6.45, 7) is 3.20. The summed E-state index contributed by atoms with van der Waals surface area (Å²) in [5.41, 5.74) is 6.17. The lowest BCUT2D eigenvalue weighted by molar-refractivity contribution is -0.00277. The van der Waals surface area contributed by atoms with E-state index >= 15 is 0 Å². The monoisotopic (exact) mass is 314 g/mol. The average Bonchev–Trinajstić information content (AvgIpc) is 2.47. The van der Waals surface area contributed by atoms with Crippen molar-refractivity contribution in [3.63, 3.8) is 0 Å². The highest BCUT2D eigenvalue weighted by Crippen LogP contribution is 2.20. The standard InChI is InChI=1S/C13H18N2O3S2/c1-2-11-9-15(7-8-18-11)20(16,17)12-5-3-10(4-6-12)13(14)19/h3-6,11H,2,7-9H2,1H3,(H2,14,19). The van der Waals surface area contributed by atoms with Crippen molar-refractivity contribution in [2.24, 2.45) is 5.73 Å². The van der Waals surface area contributed by atoms with Crippen LogP contribution >= 0.6 is 12.2 Å². The van der Waals surface area contributed by atoms with Crippen LogP contribution in [0.1, 0.15) is 18.9 Å². The van der Waals surface area contributed by atoms with E-state index < -0.39 is 10.0 Å². The SMILES string of the molecule is CCC1CN(S(=O)(=O)c2ccc(C(N)=S)cc2)CCO1. The van der Waals surface area contributed by atoms with Crippen molar-refractivity contribution >= 4 is 27.2 Å². The molecule has 1 saturated heterocycles. The quantitative estimate of drug-likeness (QED) is 0.843. The van der Waals surface area contributed by atoms with Crippen LogP contribution in [-0.2, 0) is 14.8 Å². The first-order chi connectivity index (χ1) is 9.45. The maximum Gasteiger partial charge on any atom is 0.243 e. The van der Waals surface area contributed by atoms with Crippen molar-refractivity contribution in [1.82, 2.24) is 4.31 Å². The number of rotatable bonds is 4. The summed E-state index contributed by atoms with van der Waals surface area (Å²) >= 11 is 4.86. The van der Waals surface area contributed by atoms with E-state index in [9.17, 15) is 8.42 Å². The molecule has 1 heterocycles. The summed E-state index contributed by atoms with van der Waals surface area (Å²) in [4.78, 5) is 0.514. The Hall–Kier alpha value is -1.02. The number of benzene rings is 1. The third-order valence-corrected chi connectivity index (χ3v) is 5.45. The molecule has 0 amide bonds. The molecule has 20 heavy (non-hydrogen) atoms. The Morgan fingerprint density at radius 2 is 2.10 bits per heavy atom. The molecular weight excluding hydrogens is 296 g/mol. The van der Waals surface area contributed by atoms with Gasteiger partial charge in [0, 0.05) is 18.7 Å². The number of morpholine rings is 1. The van der Waals surface area contributed by atoms with Crippen LogP contribution in [-0.4, -0.2) is 43.5 Å². The minimum absolute atomic E-state index is 0.0329. The average molecular weight is 314 g/mol. The number of ether oxygens (including phenoxy) is 1. The zero-order valence-corrected chi connectivity index (χ0v) is 12.9. The third kappa shape index (κ3) is 3.17. The summed E-state index contributed by atoms with van der Waals surface area (Å²) in [6, 6.07) is 6.35. The zero-order valence-electron chi connectivity index (χ0n) is 11.3. The highest BCUT2D eigenvalue weighted by Gasteiger charge is 2.29. The predicted molar refractivity (Wildman–Crippen MR) is 81.1 cm³/mol. The summed E-state index contributed by atoms with van der Waals surface area (Å²) in [7, 11) is -3.48. The lowest BCUT2D eigenvalue weighted by atomic mass is 10.2. The van der Waals surface area contributed by atoms with Gasteiger partial charge in [-0.1, -0.05) is 31.3 Å². The summed E-state index contributed by atoms with van der Waals surface area (Å²) < 4.78 is 32.0. The first kappa shape index (κ1) is 15.4. The van der Waals surface area contributed by atoms with Crippen LogP contribution in [0, 0.1) is 0 Å². The van der Waals surface area contributed by atoms with E-state index in [0.717, 1.165) is 6.42 Å². The molecular formula is C13H18N2O3S2. The Labute approximate surface area is 124 Å². The van der Waals surface area contributed by atoms with Gasteiger partial charge in [0.05, 0.1) is 17.6 Å². The van der Waals surface area contributed by atoms with E-state index in [1.807, 2.05) is 6.92 Å². The molecule has 1 aliphatic rings. The van der Waals surface area contributed by atoms with Crippen molar-refractivity contribution in [2.45, 2.75) is 24.3 Å². The second-order valence-electron chi connectivity index (χ2n) is 4.65. The van der Waals surface area contributed by atoms with Crippen molar-refractivity contribution in [3.05, 3.63) is 29.8 Å². The van der Waals surface area contributed by atoms with Crippen molar-refractivity contribution in [2.75, 3.05) is 19.7 Å². The Morgan fingerprint density at radius 3 is 2.65 bits per heavy atom. The van der Waals surface area contributed by atoms with Gasteiger partial charge in [0.1, 0.15) is 4.99 Å². The molecule has 1 unspecified atom stereocenters. The maximum atomic E-state index is 12.5. The van der Waals surface area contributed by atoms with Gasteiger partial charge in [-0.25, -0.2) is 8.42 Å². The first-order valence-corrected chi connectivity index (χ1v) is 8.31. The summed E-state index contributed by atoms with van der Waals surface area (Å²) in [5.74, 6) is 0. The molecule has 2 rings (SSSR count). The van der Waals surface area contributed by atoms with E-state index in [0.29, 0.717) is 25.3 Å².